The second-order valence-electron chi connectivity index (χ2n) is 9.06. The van der Waals surface area contributed by atoms with Gasteiger partial charge in [0, 0.05) is 32.2 Å². The van der Waals surface area contributed by atoms with Gasteiger partial charge in [-0.15, -0.1) is 0 Å². The first-order valence-electron chi connectivity index (χ1n) is 11.8. The van der Waals surface area contributed by atoms with Crippen molar-refractivity contribution >= 4 is 21.7 Å². The number of piperazine rings is 1. The Hall–Kier alpha value is -2.21. The summed E-state index contributed by atoms with van der Waals surface area (Å²) in [5, 5.41) is 7.95. The minimum atomic E-state index is -4.02. The highest BCUT2D eigenvalue weighted by Crippen LogP contribution is 2.31. The van der Waals surface area contributed by atoms with Gasteiger partial charge in [-0.3, -0.25) is 19.7 Å². The van der Waals surface area contributed by atoms with Gasteiger partial charge in [-0.2, -0.15) is 0 Å². The summed E-state index contributed by atoms with van der Waals surface area (Å²) in [7, 11) is -0.540. The molecule has 1 aliphatic carbocycles. The van der Waals surface area contributed by atoms with E-state index in [1.54, 1.807) is 27.4 Å². The maximum atomic E-state index is 13.9. The predicted molar refractivity (Wildman–Crippen MR) is 126 cm³/mol. The second-order valence-corrected chi connectivity index (χ2v) is 11.2. The summed E-state index contributed by atoms with van der Waals surface area (Å²) < 4.78 is 33.0. The minimum absolute atomic E-state index is 0.0645. The number of ether oxygens (including phenoxy) is 1. The molecular formula is C23H36N4O6S. The van der Waals surface area contributed by atoms with E-state index >= 15 is 0 Å². The van der Waals surface area contributed by atoms with E-state index in [1.165, 1.54) is 19.2 Å². The summed E-state index contributed by atoms with van der Waals surface area (Å²) >= 11 is 0. The van der Waals surface area contributed by atoms with Gasteiger partial charge in [0.05, 0.1) is 25.0 Å². The van der Waals surface area contributed by atoms with Crippen molar-refractivity contribution in [3.8, 4) is 5.75 Å². The first kappa shape index (κ1) is 26.4. The van der Waals surface area contributed by atoms with Crippen molar-refractivity contribution in [2.24, 2.45) is 0 Å². The van der Waals surface area contributed by atoms with Gasteiger partial charge >= 0.3 is 0 Å². The molecular weight excluding hydrogens is 460 g/mol. The van der Waals surface area contributed by atoms with Crippen LogP contribution in [0.3, 0.4) is 0 Å². The largest absolute Gasteiger partial charge is 0.497 e. The van der Waals surface area contributed by atoms with Crippen LogP contribution in [0.15, 0.2) is 29.2 Å². The number of amides is 2. The molecule has 1 saturated heterocycles. The molecule has 2 fully saturated rings. The van der Waals surface area contributed by atoms with Crippen LogP contribution in [-0.2, 0) is 19.4 Å². The number of nitrogens with zero attached hydrogens (tertiary/aromatic N) is 3. The standard InChI is InChI=1S/C23H36N4O6S/c1-25-12-14-26(15-13-25)22(29)16-23(34(31,32)20-10-8-19(33-2)9-11-20)27(17-21(28)24-30)18-6-4-3-5-7-18/h8-11,18,23,30H,3-7,12-17H2,1-2H3,(H,24,28). The highest BCUT2D eigenvalue weighted by molar-refractivity contribution is 7.92. The number of rotatable bonds is 9. The third kappa shape index (κ3) is 6.47. The van der Waals surface area contributed by atoms with E-state index in [0.717, 1.165) is 45.2 Å². The SMILES string of the molecule is COc1ccc(S(=O)(=O)C(CC(=O)N2CCN(C)CC2)N(CC(=O)NO)C2CCCCC2)cc1. The molecule has 0 spiro atoms. The molecule has 0 bridgehead atoms. The number of hydroxylamine groups is 1. The van der Waals surface area contributed by atoms with E-state index in [-0.39, 0.29) is 29.8 Å². The van der Waals surface area contributed by atoms with Crippen LogP contribution in [0.25, 0.3) is 0 Å². The van der Waals surface area contributed by atoms with Crippen LogP contribution in [-0.4, -0.2) is 98.4 Å². The van der Waals surface area contributed by atoms with Crippen LogP contribution >= 0.6 is 0 Å². The van der Waals surface area contributed by atoms with Crippen molar-refractivity contribution in [2.75, 3.05) is 46.9 Å². The van der Waals surface area contributed by atoms with Crippen LogP contribution < -0.4 is 10.2 Å². The lowest BCUT2D eigenvalue weighted by Gasteiger charge is -2.40. The highest BCUT2D eigenvalue weighted by Gasteiger charge is 2.40. The number of methoxy groups -OCH3 is 1. The molecule has 34 heavy (non-hydrogen) atoms. The summed E-state index contributed by atoms with van der Waals surface area (Å²) in [4.78, 5) is 31.0. The molecule has 1 aliphatic heterocycles. The average molecular weight is 497 g/mol. The zero-order valence-corrected chi connectivity index (χ0v) is 20.8. The average Bonchev–Trinajstić information content (AvgIpc) is 2.86. The lowest BCUT2D eigenvalue weighted by molar-refractivity contribution is -0.136. The smallest absolute Gasteiger partial charge is 0.257 e. The molecule has 1 unspecified atom stereocenters. The second kappa shape index (κ2) is 12.0. The summed E-state index contributed by atoms with van der Waals surface area (Å²) in [6, 6.07) is 5.89. The van der Waals surface area contributed by atoms with Gasteiger partial charge < -0.3 is 14.5 Å². The van der Waals surface area contributed by atoms with E-state index < -0.39 is 21.1 Å². The van der Waals surface area contributed by atoms with Gasteiger partial charge in [0.15, 0.2) is 9.84 Å². The Labute approximate surface area is 201 Å². The van der Waals surface area contributed by atoms with Crippen molar-refractivity contribution in [1.29, 1.82) is 0 Å². The molecule has 2 N–H and O–H groups in total. The van der Waals surface area contributed by atoms with E-state index in [1.807, 2.05) is 7.05 Å². The molecule has 0 radical (unpaired) electrons. The Kier molecular flexibility index (Phi) is 9.29. The summed E-state index contributed by atoms with van der Waals surface area (Å²) in [5.74, 6) is -0.430. The molecule has 10 nitrogen and oxygen atoms in total. The fourth-order valence-electron chi connectivity index (χ4n) is 4.74. The van der Waals surface area contributed by atoms with Crippen LogP contribution in [0.5, 0.6) is 5.75 Å². The van der Waals surface area contributed by atoms with E-state index in [0.29, 0.717) is 18.8 Å². The number of hydrogen-bond donors (Lipinski definition) is 2. The number of carbonyl (C=O) groups is 2. The Morgan fingerprint density at radius 1 is 1.12 bits per heavy atom. The molecule has 3 rings (SSSR count). The maximum Gasteiger partial charge on any atom is 0.257 e. The van der Waals surface area contributed by atoms with Gasteiger partial charge in [0.25, 0.3) is 5.91 Å². The van der Waals surface area contributed by atoms with Crippen LogP contribution in [0.4, 0.5) is 0 Å². The van der Waals surface area contributed by atoms with Crippen LogP contribution in [0, 0.1) is 0 Å². The lowest BCUT2D eigenvalue weighted by atomic mass is 9.94. The summed E-state index contributed by atoms with van der Waals surface area (Å²) in [6.45, 7) is 2.20. The molecule has 1 heterocycles. The molecule has 1 saturated carbocycles. The fourth-order valence-corrected chi connectivity index (χ4v) is 6.54. The van der Waals surface area contributed by atoms with Crippen molar-refractivity contribution in [2.45, 2.75) is 54.8 Å². The maximum absolute atomic E-state index is 13.9. The van der Waals surface area contributed by atoms with Gasteiger partial charge in [-0.25, -0.2) is 13.9 Å². The Balaban J connectivity index is 1.97. The minimum Gasteiger partial charge on any atom is -0.497 e. The Morgan fingerprint density at radius 3 is 2.29 bits per heavy atom. The lowest BCUT2D eigenvalue weighted by Crippen LogP contribution is -2.54. The molecule has 1 aromatic carbocycles. The molecule has 1 aromatic rings. The number of sulfone groups is 1. The van der Waals surface area contributed by atoms with Crippen LogP contribution in [0.2, 0.25) is 0 Å². The summed E-state index contributed by atoms with van der Waals surface area (Å²) in [6.07, 6.45) is 4.10. The highest BCUT2D eigenvalue weighted by atomic mass is 32.2. The molecule has 190 valence electrons. The monoisotopic (exact) mass is 496 g/mol. The zero-order valence-electron chi connectivity index (χ0n) is 20.0. The normalized spacial score (nSPS) is 19.1. The molecule has 1 atom stereocenters. The first-order valence-corrected chi connectivity index (χ1v) is 13.3. The number of carbonyl (C=O) groups excluding carboxylic acids is 2. The van der Waals surface area contributed by atoms with E-state index in [9.17, 15) is 23.2 Å². The number of hydrogen-bond acceptors (Lipinski definition) is 8. The number of benzene rings is 1. The van der Waals surface area contributed by atoms with Gasteiger partial charge in [-0.05, 0) is 44.2 Å². The van der Waals surface area contributed by atoms with E-state index in [2.05, 4.69) is 4.90 Å². The van der Waals surface area contributed by atoms with E-state index in [4.69, 9.17) is 4.74 Å². The fraction of sp³-hybridized carbons (Fsp3) is 0.652. The first-order chi connectivity index (χ1) is 16.3. The van der Waals surface area contributed by atoms with Crippen LogP contribution in [0.1, 0.15) is 38.5 Å². The van der Waals surface area contributed by atoms with Gasteiger partial charge in [-0.1, -0.05) is 19.3 Å². The van der Waals surface area contributed by atoms with Crippen molar-refractivity contribution in [3.63, 3.8) is 0 Å². The molecule has 11 heteroatoms. The third-order valence-electron chi connectivity index (χ3n) is 6.82. The third-order valence-corrected chi connectivity index (χ3v) is 8.90. The predicted octanol–water partition coefficient (Wildman–Crippen LogP) is 1.10. The van der Waals surface area contributed by atoms with Crippen molar-refractivity contribution in [3.05, 3.63) is 24.3 Å². The van der Waals surface area contributed by atoms with Crippen molar-refractivity contribution < 1.29 is 28.0 Å². The molecule has 2 aliphatic rings. The van der Waals surface area contributed by atoms with Crippen molar-refractivity contribution in [1.82, 2.24) is 20.2 Å². The molecule has 0 aromatic heterocycles. The van der Waals surface area contributed by atoms with Gasteiger partial charge in [0.1, 0.15) is 11.1 Å². The Bertz CT molecular complexity index is 925. The van der Waals surface area contributed by atoms with Gasteiger partial charge in [0.2, 0.25) is 5.91 Å². The quantitative estimate of drug-likeness (QED) is 0.385. The summed E-state index contributed by atoms with van der Waals surface area (Å²) in [5.41, 5.74) is 1.62. The number of nitrogens with one attached hydrogen (secondary N) is 1. The number of likely N-dealkylation sites (N-methyl/N-ethyl adjacent to an activating group) is 1. The Morgan fingerprint density at radius 2 is 1.74 bits per heavy atom. The molecule has 2 amide bonds. The topological polar surface area (TPSA) is 119 Å². The zero-order chi connectivity index (χ0) is 24.7.